The third-order valence-electron chi connectivity index (χ3n) is 4.05. The number of carbonyl (C=O) groups is 2. The van der Waals surface area contributed by atoms with Gasteiger partial charge in [0.25, 0.3) is 0 Å². The minimum absolute atomic E-state index is 0.187. The van der Waals surface area contributed by atoms with Gasteiger partial charge in [0, 0.05) is 0 Å². The zero-order valence-corrected chi connectivity index (χ0v) is 10.3. The smallest absolute Gasteiger partial charge is 0.317 e. The van der Waals surface area contributed by atoms with E-state index in [0.29, 0.717) is 18.8 Å². The fraction of sp³-hybridized carbons (Fsp3) is 0.846. The Morgan fingerprint density at radius 2 is 1.81 bits per heavy atom. The second-order valence-electron chi connectivity index (χ2n) is 5.01. The van der Waals surface area contributed by atoms with Crippen LogP contribution in [0.5, 0.6) is 0 Å². The van der Waals surface area contributed by atoms with Crippen LogP contribution in [-0.2, 0) is 9.59 Å². The lowest BCUT2D eigenvalue weighted by Gasteiger charge is -2.31. The number of rotatable bonds is 5. The molecule has 1 saturated carbocycles. The summed E-state index contributed by atoms with van der Waals surface area (Å²) in [6, 6.07) is 0. The summed E-state index contributed by atoms with van der Waals surface area (Å²) >= 11 is 0. The molecule has 0 aromatic carbocycles. The highest BCUT2D eigenvalue weighted by Gasteiger charge is 2.43. The minimum Gasteiger partial charge on any atom is -0.480 e. The molecule has 0 aromatic rings. The van der Waals surface area contributed by atoms with Crippen molar-refractivity contribution in [3.63, 3.8) is 0 Å². The highest BCUT2D eigenvalue weighted by Crippen LogP contribution is 2.38. The summed E-state index contributed by atoms with van der Waals surface area (Å²) in [6.45, 7) is 3.22. The van der Waals surface area contributed by atoms with Gasteiger partial charge in [0.15, 0.2) is 0 Å². The molecular weight excluding hydrogens is 204 g/mol. The van der Waals surface area contributed by atoms with Crippen molar-refractivity contribution in [2.24, 2.45) is 11.3 Å². The van der Waals surface area contributed by atoms with Crippen molar-refractivity contribution in [2.45, 2.75) is 58.8 Å². The van der Waals surface area contributed by atoms with Crippen LogP contribution in [0.4, 0.5) is 0 Å². The molecule has 1 rings (SSSR count). The van der Waals surface area contributed by atoms with Crippen LogP contribution in [0.1, 0.15) is 58.8 Å². The highest BCUT2D eigenvalue weighted by atomic mass is 16.4. The van der Waals surface area contributed by atoms with Gasteiger partial charge in [-0.2, -0.15) is 0 Å². The molecule has 1 atom stereocenters. The zero-order chi connectivity index (χ0) is 12.2. The van der Waals surface area contributed by atoms with Gasteiger partial charge in [-0.05, 0) is 25.7 Å². The molecule has 92 valence electrons. The maximum atomic E-state index is 11.6. The maximum Gasteiger partial charge on any atom is 0.317 e. The Morgan fingerprint density at radius 3 is 2.19 bits per heavy atom. The van der Waals surface area contributed by atoms with Gasteiger partial charge in [-0.1, -0.05) is 39.0 Å². The van der Waals surface area contributed by atoms with E-state index in [4.69, 9.17) is 0 Å². The van der Waals surface area contributed by atoms with E-state index in [2.05, 4.69) is 0 Å². The first kappa shape index (κ1) is 13.2. The van der Waals surface area contributed by atoms with Gasteiger partial charge in [-0.15, -0.1) is 0 Å². The fourth-order valence-corrected chi connectivity index (χ4v) is 2.81. The molecule has 0 saturated heterocycles. The van der Waals surface area contributed by atoms with E-state index in [-0.39, 0.29) is 5.78 Å². The normalized spacial score (nSPS) is 21.4. The van der Waals surface area contributed by atoms with Crippen LogP contribution in [0.2, 0.25) is 0 Å². The number of Topliss-reactive ketones (excluding diaryl/α,β-unsaturated/α-hetero) is 1. The first-order valence-electron chi connectivity index (χ1n) is 6.27. The molecule has 1 unspecified atom stereocenters. The molecule has 1 N–H and O–H groups in total. The molecule has 0 spiro atoms. The molecule has 0 aromatic heterocycles. The van der Waals surface area contributed by atoms with Gasteiger partial charge in [0.2, 0.25) is 0 Å². The molecule has 0 aliphatic heterocycles. The van der Waals surface area contributed by atoms with Crippen molar-refractivity contribution in [1.82, 2.24) is 0 Å². The van der Waals surface area contributed by atoms with Crippen LogP contribution >= 0.6 is 0 Å². The maximum absolute atomic E-state index is 11.6. The second-order valence-corrected chi connectivity index (χ2v) is 5.01. The van der Waals surface area contributed by atoms with Crippen molar-refractivity contribution in [1.29, 1.82) is 0 Å². The van der Waals surface area contributed by atoms with E-state index in [1.165, 1.54) is 26.2 Å². The predicted molar refractivity (Wildman–Crippen MR) is 62.2 cm³/mol. The van der Waals surface area contributed by atoms with Gasteiger partial charge in [-0.3, -0.25) is 9.59 Å². The van der Waals surface area contributed by atoms with E-state index in [9.17, 15) is 14.7 Å². The molecule has 16 heavy (non-hydrogen) atoms. The number of carbonyl (C=O) groups excluding carboxylic acids is 1. The third-order valence-corrected chi connectivity index (χ3v) is 4.05. The van der Waals surface area contributed by atoms with Crippen LogP contribution < -0.4 is 0 Å². The molecule has 3 nitrogen and oxygen atoms in total. The minimum atomic E-state index is -1.12. The number of carboxylic acid groups (broad SMARTS) is 1. The third kappa shape index (κ3) is 2.63. The Morgan fingerprint density at radius 1 is 1.25 bits per heavy atom. The average molecular weight is 226 g/mol. The first-order chi connectivity index (χ1) is 7.53. The number of aliphatic carboxylic acids is 1. The lowest BCUT2D eigenvalue weighted by atomic mass is 9.71. The van der Waals surface area contributed by atoms with Gasteiger partial charge in [0.1, 0.15) is 11.2 Å². The number of hydrogen-bond acceptors (Lipinski definition) is 2. The lowest BCUT2D eigenvalue weighted by Crippen LogP contribution is -2.39. The Hall–Kier alpha value is -0.860. The SMILES string of the molecule is CCC(CC1CCCCC1)(C(C)=O)C(=O)O. The number of ketones is 1. The second kappa shape index (κ2) is 5.46. The highest BCUT2D eigenvalue weighted by molar-refractivity contribution is 6.01. The van der Waals surface area contributed by atoms with E-state index in [0.717, 1.165) is 12.8 Å². The number of hydrogen-bond donors (Lipinski definition) is 1. The van der Waals surface area contributed by atoms with E-state index in [1.54, 1.807) is 6.92 Å². The van der Waals surface area contributed by atoms with Crippen LogP contribution in [0.25, 0.3) is 0 Å². The van der Waals surface area contributed by atoms with Crippen LogP contribution in [0, 0.1) is 11.3 Å². The Kier molecular flexibility index (Phi) is 4.51. The summed E-state index contributed by atoms with van der Waals surface area (Å²) in [5.74, 6) is -0.699. The largest absolute Gasteiger partial charge is 0.480 e. The summed E-state index contributed by atoms with van der Waals surface area (Å²) in [7, 11) is 0. The Bertz CT molecular complexity index is 250. The molecule has 0 bridgehead atoms. The first-order valence-corrected chi connectivity index (χ1v) is 6.27. The lowest BCUT2D eigenvalue weighted by molar-refractivity contribution is -0.156. The van der Waals surface area contributed by atoms with Crippen LogP contribution in [0.15, 0.2) is 0 Å². The monoisotopic (exact) mass is 226 g/mol. The van der Waals surface area contributed by atoms with E-state index in [1.807, 2.05) is 0 Å². The summed E-state index contributed by atoms with van der Waals surface area (Å²) in [4.78, 5) is 23.0. The van der Waals surface area contributed by atoms with E-state index >= 15 is 0 Å². The molecule has 1 aliphatic rings. The standard InChI is InChI=1S/C13H22O3/c1-3-13(10(2)14,12(15)16)9-11-7-5-4-6-8-11/h11H,3-9H2,1-2H3,(H,15,16). The Labute approximate surface area is 97.2 Å². The average Bonchev–Trinajstić information content (AvgIpc) is 2.26. The van der Waals surface area contributed by atoms with Crippen molar-refractivity contribution in [3.05, 3.63) is 0 Å². The molecule has 3 heteroatoms. The van der Waals surface area contributed by atoms with Crippen molar-refractivity contribution < 1.29 is 14.7 Å². The molecule has 1 fully saturated rings. The quantitative estimate of drug-likeness (QED) is 0.733. The van der Waals surface area contributed by atoms with Crippen molar-refractivity contribution in [2.75, 3.05) is 0 Å². The van der Waals surface area contributed by atoms with Gasteiger partial charge in [-0.25, -0.2) is 0 Å². The molecule has 0 radical (unpaired) electrons. The van der Waals surface area contributed by atoms with E-state index < -0.39 is 11.4 Å². The van der Waals surface area contributed by atoms with Gasteiger partial charge in [0.05, 0.1) is 0 Å². The topological polar surface area (TPSA) is 54.4 Å². The van der Waals surface area contributed by atoms with Gasteiger partial charge >= 0.3 is 5.97 Å². The molecule has 1 aliphatic carbocycles. The zero-order valence-electron chi connectivity index (χ0n) is 10.3. The van der Waals surface area contributed by atoms with Crippen molar-refractivity contribution in [3.8, 4) is 0 Å². The number of carboxylic acids is 1. The summed E-state index contributed by atoms with van der Waals surface area (Å²) in [6.07, 6.45) is 6.74. The van der Waals surface area contributed by atoms with Crippen LogP contribution in [-0.4, -0.2) is 16.9 Å². The summed E-state index contributed by atoms with van der Waals surface area (Å²) in [5.41, 5.74) is -1.12. The fourth-order valence-electron chi connectivity index (χ4n) is 2.81. The predicted octanol–water partition coefficient (Wildman–Crippen LogP) is 3.03. The molecule has 0 amide bonds. The van der Waals surface area contributed by atoms with Crippen molar-refractivity contribution >= 4 is 11.8 Å². The summed E-state index contributed by atoms with van der Waals surface area (Å²) in [5, 5.41) is 9.30. The summed E-state index contributed by atoms with van der Waals surface area (Å²) < 4.78 is 0. The Balaban J connectivity index is 2.76. The van der Waals surface area contributed by atoms with Gasteiger partial charge < -0.3 is 5.11 Å². The molecule has 0 heterocycles. The molecular formula is C13H22O3. The van der Waals surface area contributed by atoms with Crippen LogP contribution in [0.3, 0.4) is 0 Å².